The molecule has 2 rings (SSSR count). The van der Waals surface area contributed by atoms with Crippen molar-refractivity contribution in [3.8, 4) is 11.5 Å². The molecular weight excluding hydrogens is 400 g/mol. The van der Waals surface area contributed by atoms with Crippen LogP contribution in [0.1, 0.15) is 13.8 Å². The second-order valence-electron chi connectivity index (χ2n) is 5.79. The summed E-state index contributed by atoms with van der Waals surface area (Å²) in [5.74, 6) is 0.988. The molecule has 28 heavy (non-hydrogen) atoms. The van der Waals surface area contributed by atoms with E-state index in [1.54, 1.807) is 49.4 Å². The molecule has 0 fully saturated rings. The highest BCUT2D eigenvalue weighted by Crippen LogP contribution is 2.28. The maximum Gasteiger partial charge on any atom is 0.237 e. The second kappa shape index (κ2) is 10.8. The first-order valence-corrected chi connectivity index (χ1v) is 10.1. The molecule has 0 saturated carbocycles. The lowest BCUT2D eigenvalue weighted by atomic mass is 10.3. The molecule has 2 aromatic rings. The fourth-order valence-electron chi connectivity index (χ4n) is 2.29. The van der Waals surface area contributed by atoms with E-state index in [1.165, 1.54) is 18.9 Å². The molecule has 8 heteroatoms. The maximum atomic E-state index is 12.4. The Labute approximate surface area is 173 Å². The summed E-state index contributed by atoms with van der Waals surface area (Å²) in [5.41, 5.74) is 1.17. The highest BCUT2D eigenvalue weighted by Gasteiger charge is 2.17. The van der Waals surface area contributed by atoms with Crippen molar-refractivity contribution in [2.45, 2.75) is 19.1 Å². The summed E-state index contributed by atoms with van der Waals surface area (Å²) in [4.78, 5) is 24.5. The van der Waals surface area contributed by atoms with Gasteiger partial charge in [0.1, 0.15) is 11.5 Å². The minimum absolute atomic E-state index is 0.147. The molecule has 0 radical (unpaired) electrons. The summed E-state index contributed by atoms with van der Waals surface area (Å²) in [7, 11) is 1.52. The number of anilines is 2. The van der Waals surface area contributed by atoms with Crippen LogP contribution in [0.4, 0.5) is 11.4 Å². The fraction of sp³-hybridized carbons (Fsp3) is 0.300. The summed E-state index contributed by atoms with van der Waals surface area (Å²) in [6, 6.07) is 12.1. The number of ether oxygens (including phenoxy) is 2. The highest BCUT2D eigenvalue weighted by molar-refractivity contribution is 8.01. The molecule has 0 bridgehead atoms. The van der Waals surface area contributed by atoms with Crippen LogP contribution in [0, 0.1) is 0 Å². The van der Waals surface area contributed by atoms with Crippen molar-refractivity contribution in [1.29, 1.82) is 0 Å². The molecule has 0 aliphatic rings. The van der Waals surface area contributed by atoms with Crippen LogP contribution in [-0.4, -0.2) is 36.5 Å². The van der Waals surface area contributed by atoms with Crippen molar-refractivity contribution >= 4 is 46.6 Å². The maximum absolute atomic E-state index is 12.4. The van der Waals surface area contributed by atoms with Gasteiger partial charge >= 0.3 is 0 Å². The SMILES string of the molecule is CCOc1ccc(NC(=O)CS[C@H](C)C(=O)Nc2cc(Cl)ccc2OC)cc1. The molecule has 150 valence electrons. The van der Waals surface area contributed by atoms with Gasteiger partial charge in [0.25, 0.3) is 0 Å². The largest absolute Gasteiger partial charge is 0.495 e. The first-order chi connectivity index (χ1) is 13.4. The number of rotatable bonds is 9. The van der Waals surface area contributed by atoms with Gasteiger partial charge in [0, 0.05) is 10.7 Å². The van der Waals surface area contributed by atoms with Crippen LogP contribution < -0.4 is 20.1 Å². The number of nitrogens with one attached hydrogen (secondary N) is 2. The predicted molar refractivity (Wildman–Crippen MR) is 115 cm³/mol. The van der Waals surface area contributed by atoms with Gasteiger partial charge in [0.2, 0.25) is 11.8 Å². The zero-order valence-corrected chi connectivity index (χ0v) is 17.5. The molecule has 2 amide bonds. The Morgan fingerprint density at radius 1 is 1.14 bits per heavy atom. The summed E-state index contributed by atoms with van der Waals surface area (Å²) in [6.07, 6.45) is 0. The molecule has 6 nitrogen and oxygen atoms in total. The predicted octanol–water partition coefficient (Wildman–Crippen LogP) is 4.45. The number of thioether (sulfide) groups is 1. The van der Waals surface area contributed by atoms with Gasteiger partial charge in [-0.3, -0.25) is 9.59 Å². The average molecular weight is 423 g/mol. The van der Waals surface area contributed by atoms with Crippen molar-refractivity contribution in [1.82, 2.24) is 0 Å². The fourth-order valence-corrected chi connectivity index (χ4v) is 3.14. The van der Waals surface area contributed by atoms with Gasteiger partial charge in [-0.15, -0.1) is 11.8 Å². The minimum atomic E-state index is -0.435. The molecule has 0 unspecified atom stereocenters. The van der Waals surface area contributed by atoms with Gasteiger partial charge in [0.05, 0.1) is 30.4 Å². The highest BCUT2D eigenvalue weighted by atomic mass is 35.5. The van der Waals surface area contributed by atoms with E-state index in [9.17, 15) is 9.59 Å². The first-order valence-electron chi connectivity index (χ1n) is 8.71. The number of methoxy groups -OCH3 is 1. The number of carbonyl (C=O) groups excluding carboxylic acids is 2. The van der Waals surface area contributed by atoms with Crippen LogP contribution in [-0.2, 0) is 9.59 Å². The van der Waals surface area contributed by atoms with Crippen molar-refractivity contribution < 1.29 is 19.1 Å². The zero-order chi connectivity index (χ0) is 20.5. The Bertz CT molecular complexity index is 814. The van der Waals surface area contributed by atoms with Crippen LogP contribution in [0.25, 0.3) is 0 Å². The third kappa shape index (κ3) is 6.65. The third-order valence-corrected chi connectivity index (χ3v) is 5.08. The van der Waals surface area contributed by atoms with E-state index in [2.05, 4.69) is 10.6 Å². The van der Waals surface area contributed by atoms with Crippen LogP contribution in [0.5, 0.6) is 11.5 Å². The van der Waals surface area contributed by atoms with Crippen molar-refractivity contribution in [2.24, 2.45) is 0 Å². The van der Waals surface area contributed by atoms with Crippen molar-refractivity contribution in [3.05, 3.63) is 47.5 Å². The van der Waals surface area contributed by atoms with Crippen molar-refractivity contribution in [3.63, 3.8) is 0 Å². The number of benzene rings is 2. The van der Waals surface area contributed by atoms with Crippen LogP contribution in [0.15, 0.2) is 42.5 Å². The molecule has 0 heterocycles. The number of hydrogen-bond donors (Lipinski definition) is 2. The topological polar surface area (TPSA) is 76.7 Å². The molecule has 0 aliphatic carbocycles. The third-order valence-electron chi connectivity index (χ3n) is 3.70. The number of hydrogen-bond acceptors (Lipinski definition) is 5. The Kier molecular flexibility index (Phi) is 8.47. The molecule has 0 saturated heterocycles. The van der Waals surface area contributed by atoms with Crippen LogP contribution in [0.2, 0.25) is 5.02 Å². The molecular formula is C20H23ClN2O4S. The van der Waals surface area contributed by atoms with Gasteiger partial charge < -0.3 is 20.1 Å². The number of halogens is 1. The normalized spacial score (nSPS) is 11.4. The summed E-state index contributed by atoms with van der Waals surface area (Å²) in [5, 5.41) is 5.63. The molecule has 2 N–H and O–H groups in total. The first kappa shape index (κ1) is 21.9. The van der Waals surface area contributed by atoms with Gasteiger partial charge in [-0.05, 0) is 56.3 Å². The second-order valence-corrected chi connectivity index (χ2v) is 7.56. The quantitative estimate of drug-likeness (QED) is 0.624. The lowest BCUT2D eigenvalue weighted by Gasteiger charge is -2.14. The van der Waals surface area contributed by atoms with E-state index in [4.69, 9.17) is 21.1 Å². The zero-order valence-electron chi connectivity index (χ0n) is 16.0. The van der Waals surface area contributed by atoms with Crippen molar-refractivity contribution in [2.75, 3.05) is 30.1 Å². The standard InChI is InChI=1S/C20H23ClN2O4S/c1-4-27-16-8-6-15(7-9-16)22-19(24)12-28-13(2)20(25)23-17-11-14(21)5-10-18(17)26-3/h5-11,13H,4,12H2,1-3H3,(H,22,24)(H,23,25)/t13-/m1/s1. The lowest BCUT2D eigenvalue weighted by molar-refractivity contribution is -0.115. The van der Waals surface area contributed by atoms with E-state index in [1.807, 2.05) is 6.92 Å². The van der Waals surface area contributed by atoms with E-state index < -0.39 is 5.25 Å². The smallest absolute Gasteiger partial charge is 0.237 e. The van der Waals surface area contributed by atoms with Crippen LogP contribution >= 0.6 is 23.4 Å². The molecule has 0 aromatic heterocycles. The van der Waals surface area contributed by atoms with Gasteiger partial charge in [-0.2, -0.15) is 0 Å². The number of carbonyl (C=O) groups is 2. The Morgan fingerprint density at radius 2 is 1.86 bits per heavy atom. The molecule has 0 spiro atoms. The molecule has 1 atom stereocenters. The van der Waals surface area contributed by atoms with E-state index in [-0.39, 0.29) is 17.6 Å². The lowest BCUT2D eigenvalue weighted by Crippen LogP contribution is -2.25. The van der Waals surface area contributed by atoms with Gasteiger partial charge in [-0.1, -0.05) is 11.6 Å². The van der Waals surface area contributed by atoms with E-state index in [0.29, 0.717) is 28.8 Å². The Morgan fingerprint density at radius 3 is 2.50 bits per heavy atom. The minimum Gasteiger partial charge on any atom is -0.495 e. The summed E-state index contributed by atoms with van der Waals surface area (Å²) in [6.45, 7) is 4.23. The monoisotopic (exact) mass is 422 g/mol. The molecule has 0 aliphatic heterocycles. The molecule has 2 aromatic carbocycles. The van der Waals surface area contributed by atoms with Gasteiger partial charge in [-0.25, -0.2) is 0 Å². The number of amides is 2. The van der Waals surface area contributed by atoms with Crippen LogP contribution in [0.3, 0.4) is 0 Å². The van der Waals surface area contributed by atoms with E-state index in [0.717, 1.165) is 5.75 Å². The Hall–Kier alpha value is -2.38. The van der Waals surface area contributed by atoms with Gasteiger partial charge in [0.15, 0.2) is 0 Å². The average Bonchev–Trinajstić information content (AvgIpc) is 2.68. The summed E-state index contributed by atoms with van der Waals surface area (Å²) < 4.78 is 10.6. The van der Waals surface area contributed by atoms with E-state index >= 15 is 0 Å². The Balaban J connectivity index is 1.83. The summed E-state index contributed by atoms with van der Waals surface area (Å²) >= 11 is 7.21.